The second-order valence-corrected chi connectivity index (χ2v) is 2.50. The summed E-state index contributed by atoms with van der Waals surface area (Å²) < 4.78 is 13.0. The number of hydrogen-bond donors (Lipinski definition) is 0. The van der Waals surface area contributed by atoms with E-state index in [9.17, 15) is 4.39 Å². The molecular formula is C10H14FN. The highest BCUT2D eigenvalue weighted by Gasteiger charge is 1.94. The Kier molecular flexibility index (Phi) is 4.98. The van der Waals surface area contributed by atoms with Gasteiger partial charge in [0.05, 0.1) is 11.9 Å². The molecule has 0 aromatic rings. The first-order valence-corrected chi connectivity index (χ1v) is 3.87. The van der Waals surface area contributed by atoms with E-state index in [1.807, 2.05) is 6.92 Å². The van der Waals surface area contributed by atoms with Crippen molar-refractivity contribution in [3.63, 3.8) is 0 Å². The molecule has 0 unspecified atom stereocenters. The Bertz CT molecular complexity index is 255. The number of allylic oxidation sites excluding steroid dienone is 3. The van der Waals surface area contributed by atoms with Crippen LogP contribution in [0.2, 0.25) is 0 Å². The second kappa shape index (κ2) is 5.50. The lowest BCUT2D eigenvalue weighted by Gasteiger charge is -1.93. The van der Waals surface area contributed by atoms with Gasteiger partial charge in [-0.3, -0.25) is 4.99 Å². The molecule has 0 aromatic carbocycles. The number of nitrogens with zero attached hydrogens (tertiary/aromatic N) is 1. The maximum atomic E-state index is 13.0. The summed E-state index contributed by atoms with van der Waals surface area (Å²) >= 11 is 0. The van der Waals surface area contributed by atoms with Crippen molar-refractivity contribution in [2.24, 2.45) is 4.99 Å². The molecule has 0 atom stereocenters. The molecule has 0 aliphatic carbocycles. The molecule has 0 fully saturated rings. The third-order valence-electron chi connectivity index (χ3n) is 1.57. The van der Waals surface area contributed by atoms with E-state index in [0.29, 0.717) is 17.7 Å². The van der Waals surface area contributed by atoms with Crippen molar-refractivity contribution in [3.05, 3.63) is 29.4 Å². The van der Waals surface area contributed by atoms with E-state index >= 15 is 0 Å². The first-order valence-electron chi connectivity index (χ1n) is 3.87. The minimum atomic E-state index is -0.271. The molecule has 0 heterocycles. The topological polar surface area (TPSA) is 12.4 Å². The normalized spacial score (nSPS) is 12.7. The van der Waals surface area contributed by atoms with Gasteiger partial charge in [0, 0.05) is 0 Å². The molecule has 0 radical (unpaired) electrons. The summed E-state index contributed by atoms with van der Waals surface area (Å²) in [6.45, 7) is 8.76. The van der Waals surface area contributed by atoms with Gasteiger partial charge in [-0.1, -0.05) is 13.5 Å². The van der Waals surface area contributed by atoms with Crippen LogP contribution in [0.4, 0.5) is 4.39 Å². The van der Waals surface area contributed by atoms with Crippen molar-refractivity contribution in [3.8, 4) is 0 Å². The summed E-state index contributed by atoms with van der Waals surface area (Å²) in [7, 11) is 0. The summed E-state index contributed by atoms with van der Waals surface area (Å²) in [6.07, 6.45) is 1.90. The molecular weight excluding hydrogens is 153 g/mol. The van der Waals surface area contributed by atoms with Crippen molar-refractivity contribution in [1.29, 1.82) is 0 Å². The SMILES string of the molecule is C=C=C(C)N=C/C(F)=C(\C)CC. The monoisotopic (exact) mass is 167 g/mol. The minimum Gasteiger partial charge on any atom is -0.250 e. The van der Waals surface area contributed by atoms with Crippen molar-refractivity contribution >= 4 is 6.21 Å². The van der Waals surface area contributed by atoms with Crippen molar-refractivity contribution in [1.82, 2.24) is 0 Å². The van der Waals surface area contributed by atoms with Gasteiger partial charge < -0.3 is 0 Å². The van der Waals surface area contributed by atoms with Crippen LogP contribution in [-0.2, 0) is 0 Å². The molecule has 0 rings (SSSR count). The van der Waals surface area contributed by atoms with E-state index in [1.165, 1.54) is 6.21 Å². The van der Waals surface area contributed by atoms with Crippen molar-refractivity contribution in [2.75, 3.05) is 0 Å². The predicted molar refractivity (Wildman–Crippen MR) is 50.9 cm³/mol. The van der Waals surface area contributed by atoms with Gasteiger partial charge in [-0.2, -0.15) is 0 Å². The van der Waals surface area contributed by atoms with Crippen LogP contribution in [0.25, 0.3) is 0 Å². The number of halogens is 1. The average Bonchev–Trinajstić information content (AvgIpc) is 2.11. The maximum absolute atomic E-state index is 13.0. The van der Waals surface area contributed by atoms with Crippen LogP contribution < -0.4 is 0 Å². The van der Waals surface area contributed by atoms with E-state index in [1.54, 1.807) is 13.8 Å². The molecule has 0 aromatic heterocycles. The minimum absolute atomic E-state index is 0.271. The summed E-state index contributed by atoms with van der Waals surface area (Å²) in [6, 6.07) is 0. The summed E-state index contributed by atoms with van der Waals surface area (Å²) in [5.41, 5.74) is 3.85. The summed E-state index contributed by atoms with van der Waals surface area (Å²) in [5, 5.41) is 0. The van der Waals surface area contributed by atoms with Crippen LogP contribution in [0.15, 0.2) is 34.4 Å². The van der Waals surface area contributed by atoms with Gasteiger partial charge in [-0.15, -0.1) is 5.73 Å². The van der Waals surface area contributed by atoms with Crippen LogP contribution in [-0.4, -0.2) is 6.21 Å². The first kappa shape index (κ1) is 10.9. The smallest absolute Gasteiger partial charge is 0.140 e. The van der Waals surface area contributed by atoms with Gasteiger partial charge in [0.25, 0.3) is 0 Å². The fourth-order valence-corrected chi connectivity index (χ4v) is 0.478. The average molecular weight is 167 g/mol. The van der Waals surface area contributed by atoms with Gasteiger partial charge in [-0.25, -0.2) is 4.39 Å². The molecule has 0 spiro atoms. The van der Waals surface area contributed by atoms with Crippen LogP contribution in [0.1, 0.15) is 27.2 Å². The number of hydrogen-bond acceptors (Lipinski definition) is 1. The van der Waals surface area contributed by atoms with Gasteiger partial charge in [0.15, 0.2) is 0 Å². The Morgan fingerprint density at radius 3 is 2.58 bits per heavy atom. The van der Waals surface area contributed by atoms with Crippen molar-refractivity contribution in [2.45, 2.75) is 27.2 Å². The largest absolute Gasteiger partial charge is 0.250 e. The van der Waals surface area contributed by atoms with Gasteiger partial charge in [0.2, 0.25) is 0 Å². The highest BCUT2D eigenvalue weighted by atomic mass is 19.1. The summed E-state index contributed by atoms with van der Waals surface area (Å²) in [5.74, 6) is -0.271. The fourth-order valence-electron chi connectivity index (χ4n) is 0.478. The fraction of sp³-hybridized carbons (Fsp3) is 0.400. The highest BCUT2D eigenvalue weighted by Crippen LogP contribution is 2.07. The quantitative estimate of drug-likeness (QED) is 0.451. The Balaban J connectivity index is 4.46. The van der Waals surface area contributed by atoms with E-state index < -0.39 is 0 Å². The van der Waals surface area contributed by atoms with E-state index in [-0.39, 0.29) is 5.83 Å². The zero-order chi connectivity index (χ0) is 9.56. The molecule has 0 saturated carbocycles. The predicted octanol–water partition coefficient (Wildman–Crippen LogP) is 3.40. The number of rotatable bonds is 3. The Morgan fingerprint density at radius 2 is 2.17 bits per heavy atom. The van der Waals surface area contributed by atoms with E-state index in [2.05, 4.69) is 17.3 Å². The molecule has 0 aliphatic heterocycles. The van der Waals surface area contributed by atoms with E-state index in [4.69, 9.17) is 0 Å². The Hall–Kier alpha value is -1.14. The molecule has 0 amide bonds. The molecule has 12 heavy (non-hydrogen) atoms. The van der Waals surface area contributed by atoms with Gasteiger partial charge >= 0.3 is 0 Å². The molecule has 0 bridgehead atoms. The zero-order valence-corrected chi connectivity index (χ0v) is 7.82. The Morgan fingerprint density at radius 1 is 1.58 bits per heavy atom. The standard InChI is InChI=1S/C10H14FN/c1-5-8(3)10(11)7-12-9(4)6-2/h7H,2,5H2,1,3-4H3/b10-8-,12-7?. The molecule has 2 heteroatoms. The third-order valence-corrected chi connectivity index (χ3v) is 1.57. The van der Waals surface area contributed by atoms with Crippen LogP contribution in [0.5, 0.6) is 0 Å². The van der Waals surface area contributed by atoms with E-state index in [0.717, 1.165) is 0 Å². The highest BCUT2D eigenvalue weighted by molar-refractivity contribution is 5.77. The zero-order valence-electron chi connectivity index (χ0n) is 7.82. The lowest BCUT2D eigenvalue weighted by molar-refractivity contribution is 0.667. The lowest BCUT2D eigenvalue weighted by atomic mass is 10.2. The number of aliphatic imine (C=N–C) groups is 1. The maximum Gasteiger partial charge on any atom is 0.140 e. The van der Waals surface area contributed by atoms with Gasteiger partial charge in [-0.05, 0) is 25.8 Å². The molecule has 0 N–H and O–H groups in total. The molecule has 0 aliphatic rings. The Labute approximate surface area is 73.0 Å². The van der Waals surface area contributed by atoms with Gasteiger partial charge in [0.1, 0.15) is 5.83 Å². The first-order chi connectivity index (χ1) is 5.61. The molecule has 0 saturated heterocycles. The molecule has 1 nitrogen and oxygen atoms in total. The lowest BCUT2D eigenvalue weighted by Crippen LogP contribution is -1.82. The molecule has 66 valence electrons. The van der Waals surface area contributed by atoms with Crippen LogP contribution >= 0.6 is 0 Å². The van der Waals surface area contributed by atoms with Crippen LogP contribution in [0.3, 0.4) is 0 Å². The van der Waals surface area contributed by atoms with Crippen LogP contribution in [0, 0.1) is 0 Å². The third kappa shape index (κ3) is 3.89. The summed E-state index contributed by atoms with van der Waals surface area (Å²) in [4.78, 5) is 3.80. The second-order valence-electron chi connectivity index (χ2n) is 2.50. The van der Waals surface area contributed by atoms with Crippen molar-refractivity contribution < 1.29 is 4.39 Å².